The van der Waals surface area contributed by atoms with Crippen molar-refractivity contribution >= 4 is 17.9 Å². The molecule has 0 aliphatic carbocycles. The van der Waals surface area contributed by atoms with Gasteiger partial charge >= 0.3 is 17.9 Å². The zero-order chi connectivity index (χ0) is 52.9. The van der Waals surface area contributed by atoms with Gasteiger partial charge in [-0.2, -0.15) is 0 Å². The number of hydrogen-bond donors (Lipinski definition) is 0. The fourth-order valence-corrected chi connectivity index (χ4v) is 9.04. The first-order chi connectivity index (χ1) is 36.0. The van der Waals surface area contributed by atoms with Gasteiger partial charge in [-0.3, -0.25) is 14.4 Å². The second-order valence-electron chi connectivity index (χ2n) is 21.0. The average Bonchev–Trinajstić information content (AvgIpc) is 3.39. The molecule has 0 radical (unpaired) electrons. The molecule has 0 saturated carbocycles. The Hall–Kier alpha value is -3.15. The van der Waals surface area contributed by atoms with E-state index in [-0.39, 0.29) is 31.1 Å². The Labute approximate surface area is 453 Å². The highest BCUT2D eigenvalue weighted by atomic mass is 16.6. The Kier molecular flexibility index (Phi) is 58.7. The maximum atomic E-state index is 12.9. The van der Waals surface area contributed by atoms with E-state index in [4.69, 9.17) is 14.2 Å². The Morgan fingerprint density at radius 2 is 0.534 bits per heavy atom. The van der Waals surface area contributed by atoms with Crippen LogP contribution in [-0.2, 0) is 28.6 Å². The van der Waals surface area contributed by atoms with Crippen molar-refractivity contribution in [2.75, 3.05) is 13.2 Å². The van der Waals surface area contributed by atoms with Crippen LogP contribution in [0.2, 0.25) is 0 Å². The van der Waals surface area contributed by atoms with Crippen molar-refractivity contribution < 1.29 is 28.6 Å². The first-order valence-corrected chi connectivity index (χ1v) is 31.4. The van der Waals surface area contributed by atoms with Crippen molar-refractivity contribution in [3.05, 3.63) is 72.9 Å². The Bertz CT molecular complexity index is 1360. The molecule has 6 nitrogen and oxygen atoms in total. The summed E-state index contributed by atoms with van der Waals surface area (Å²) < 4.78 is 16.8. The average molecular weight is 1020 g/mol. The second-order valence-corrected chi connectivity index (χ2v) is 21.0. The Morgan fingerprint density at radius 3 is 0.836 bits per heavy atom. The van der Waals surface area contributed by atoms with E-state index in [2.05, 4.69) is 93.7 Å². The van der Waals surface area contributed by atoms with Crippen LogP contribution >= 0.6 is 0 Å². The van der Waals surface area contributed by atoms with Crippen molar-refractivity contribution in [3.63, 3.8) is 0 Å². The van der Waals surface area contributed by atoms with Crippen LogP contribution in [-0.4, -0.2) is 37.2 Å². The molecule has 0 fully saturated rings. The number of carbonyl (C=O) groups is 3. The molecule has 0 saturated heterocycles. The zero-order valence-corrected chi connectivity index (χ0v) is 48.4. The molecule has 422 valence electrons. The number of unbranched alkanes of at least 4 members (excludes halogenated alkanes) is 34. The molecular formula is C67H118O6. The van der Waals surface area contributed by atoms with E-state index in [1.165, 1.54) is 173 Å². The predicted molar refractivity (Wildman–Crippen MR) is 316 cm³/mol. The van der Waals surface area contributed by atoms with Gasteiger partial charge in [-0.25, -0.2) is 0 Å². The third-order valence-corrected chi connectivity index (χ3v) is 13.7. The summed E-state index contributed by atoms with van der Waals surface area (Å²) >= 11 is 0. The standard InChI is InChI=1S/C67H118O6/c1-4-7-10-13-16-18-20-22-24-26-28-30-31-32-33-34-35-37-38-40-42-44-46-48-51-54-57-60-66(69)72-63-64(62-71-65(68)59-56-53-50-15-12-9-6-3)73-67(70)61-58-55-52-49-47-45-43-41-39-36-29-27-25-23-21-19-17-14-11-8-5-2/h7,10,16,18,22,24,28,30,32-33,35,37,64H,4-6,8-9,11-15,17,19-21,23,25-27,29,31,34,36,38-63H2,1-3H3/b10-7-,18-16-,24-22-,30-28-,33-32-,37-35-. The highest BCUT2D eigenvalue weighted by molar-refractivity contribution is 5.71. The monoisotopic (exact) mass is 1020 g/mol. The van der Waals surface area contributed by atoms with Crippen LogP contribution < -0.4 is 0 Å². The third-order valence-electron chi connectivity index (χ3n) is 13.7. The molecule has 73 heavy (non-hydrogen) atoms. The van der Waals surface area contributed by atoms with Gasteiger partial charge in [0.05, 0.1) is 0 Å². The van der Waals surface area contributed by atoms with E-state index in [1.807, 2.05) is 0 Å². The van der Waals surface area contributed by atoms with Crippen LogP contribution in [0.15, 0.2) is 72.9 Å². The van der Waals surface area contributed by atoms with Crippen molar-refractivity contribution in [2.45, 2.75) is 322 Å². The van der Waals surface area contributed by atoms with Crippen LogP contribution in [0, 0.1) is 0 Å². The fraction of sp³-hybridized carbons (Fsp3) is 0.776. The highest BCUT2D eigenvalue weighted by Crippen LogP contribution is 2.17. The van der Waals surface area contributed by atoms with E-state index in [0.717, 1.165) is 103 Å². The van der Waals surface area contributed by atoms with E-state index in [1.54, 1.807) is 0 Å². The van der Waals surface area contributed by atoms with Crippen molar-refractivity contribution in [1.82, 2.24) is 0 Å². The molecule has 0 aromatic carbocycles. The van der Waals surface area contributed by atoms with Crippen LogP contribution in [0.3, 0.4) is 0 Å². The first kappa shape index (κ1) is 69.8. The largest absolute Gasteiger partial charge is 0.462 e. The summed E-state index contributed by atoms with van der Waals surface area (Å²) in [5.74, 6) is -0.875. The minimum Gasteiger partial charge on any atom is -0.462 e. The second kappa shape index (κ2) is 61.4. The molecule has 1 atom stereocenters. The van der Waals surface area contributed by atoms with Gasteiger partial charge in [0.25, 0.3) is 0 Å². The number of esters is 3. The van der Waals surface area contributed by atoms with Gasteiger partial charge in [-0.05, 0) is 70.6 Å². The van der Waals surface area contributed by atoms with Gasteiger partial charge in [0.2, 0.25) is 0 Å². The summed E-state index contributed by atoms with van der Waals surface area (Å²) in [6.45, 7) is 6.52. The molecule has 0 aromatic rings. The number of rotatable bonds is 57. The maximum Gasteiger partial charge on any atom is 0.306 e. The molecule has 0 N–H and O–H groups in total. The summed E-state index contributed by atoms with van der Waals surface area (Å²) in [6, 6.07) is 0. The number of ether oxygens (including phenoxy) is 3. The summed E-state index contributed by atoms with van der Waals surface area (Å²) in [4.78, 5) is 38.1. The number of allylic oxidation sites excluding steroid dienone is 12. The molecule has 0 rings (SSSR count). The normalized spacial score (nSPS) is 12.5. The van der Waals surface area contributed by atoms with Gasteiger partial charge in [-0.15, -0.1) is 0 Å². The van der Waals surface area contributed by atoms with Crippen molar-refractivity contribution in [3.8, 4) is 0 Å². The SMILES string of the molecule is CC/C=C\C/C=C\C/C=C\C/C=C\C/C=C\C/C=C\CCCCCCCCCCC(=O)OCC(COC(=O)CCCCCCCCC)OC(=O)CCCCCCCCCCCCCCCCCCCCCCC. The maximum absolute atomic E-state index is 12.9. The quantitative estimate of drug-likeness (QED) is 0.0261. The summed E-state index contributed by atoms with van der Waals surface area (Å²) in [5.41, 5.74) is 0. The molecule has 1 unspecified atom stereocenters. The Balaban J connectivity index is 4.15. The molecule has 0 aromatic heterocycles. The molecule has 0 aliphatic heterocycles. The van der Waals surface area contributed by atoms with Gasteiger partial charge in [0.1, 0.15) is 13.2 Å². The fourth-order valence-electron chi connectivity index (χ4n) is 9.04. The third kappa shape index (κ3) is 59.6. The van der Waals surface area contributed by atoms with Crippen LogP contribution in [0.25, 0.3) is 0 Å². The van der Waals surface area contributed by atoms with Crippen molar-refractivity contribution in [2.24, 2.45) is 0 Å². The minimum atomic E-state index is -0.774. The van der Waals surface area contributed by atoms with E-state index in [0.29, 0.717) is 19.3 Å². The highest BCUT2D eigenvalue weighted by Gasteiger charge is 2.19. The van der Waals surface area contributed by atoms with Crippen LogP contribution in [0.4, 0.5) is 0 Å². The lowest BCUT2D eigenvalue weighted by atomic mass is 10.0. The van der Waals surface area contributed by atoms with Crippen LogP contribution in [0.1, 0.15) is 316 Å². The first-order valence-electron chi connectivity index (χ1n) is 31.4. The van der Waals surface area contributed by atoms with E-state index < -0.39 is 6.10 Å². The van der Waals surface area contributed by atoms with E-state index in [9.17, 15) is 14.4 Å². The molecule has 0 spiro atoms. The van der Waals surface area contributed by atoms with Gasteiger partial charge in [-0.1, -0.05) is 299 Å². The zero-order valence-electron chi connectivity index (χ0n) is 48.4. The summed E-state index contributed by atoms with van der Waals surface area (Å²) in [5, 5.41) is 0. The van der Waals surface area contributed by atoms with Crippen molar-refractivity contribution in [1.29, 1.82) is 0 Å². The topological polar surface area (TPSA) is 78.9 Å². The number of hydrogen-bond acceptors (Lipinski definition) is 6. The predicted octanol–water partition coefficient (Wildman–Crippen LogP) is 21.3. The molecule has 0 heterocycles. The molecular weight excluding hydrogens is 901 g/mol. The van der Waals surface area contributed by atoms with Gasteiger partial charge in [0, 0.05) is 19.3 Å². The molecule has 0 bridgehead atoms. The molecule has 6 heteroatoms. The molecule has 0 amide bonds. The van der Waals surface area contributed by atoms with E-state index >= 15 is 0 Å². The summed E-state index contributed by atoms with van der Waals surface area (Å²) in [7, 11) is 0. The van der Waals surface area contributed by atoms with Crippen LogP contribution in [0.5, 0.6) is 0 Å². The lowest BCUT2D eigenvalue weighted by Crippen LogP contribution is -2.30. The van der Waals surface area contributed by atoms with Gasteiger partial charge in [0.15, 0.2) is 6.10 Å². The Morgan fingerprint density at radius 1 is 0.288 bits per heavy atom. The number of carbonyl (C=O) groups excluding carboxylic acids is 3. The summed E-state index contributed by atoms with van der Waals surface area (Å²) in [6.07, 6.45) is 79.3. The van der Waals surface area contributed by atoms with Gasteiger partial charge < -0.3 is 14.2 Å². The smallest absolute Gasteiger partial charge is 0.306 e. The minimum absolute atomic E-state index is 0.0744. The molecule has 0 aliphatic rings. The lowest BCUT2D eigenvalue weighted by molar-refractivity contribution is -0.167. The lowest BCUT2D eigenvalue weighted by Gasteiger charge is -2.18.